The lowest BCUT2D eigenvalue weighted by Crippen LogP contribution is -2.48. The molecule has 0 spiro atoms. The van der Waals surface area contributed by atoms with Gasteiger partial charge in [0, 0.05) is 23.1 Å². The molecule has 0 saturated carbocycles. The van der Waals surface area contributed by atoms with Crippen LogP contribution in [-0.2, 0) is 0 Å². The lowest BCUT2D eigenvalue weighted by atomic mass is 9.68. The lowest BCUT2D eigenvalue weighted by molar-refractivity contribution is 0.0649. The summed E-state index contributed by atoms with van der Waals surface area (Å²) in [4.78, 5) is 13.2. The van der Waals surface area contributed by atoms with Gasteiger partial charge in [-0.15, -0.1) is 0 Å². The molecule has 0 aromatic heterocycles. The highest BCUT2D eigenvalue weighted by Crippen LogP contribution is 2.46. The summed E-state index contributed by atoms with van der Waals surface area (Å²) in [5, 5.41) is 4.60. The summed E-state index contributed by atoms with van der Waals surface area (Å²) in [5.41, 5.74) is 0.488. The highest BCUT2D eigenvalue weighted by Gasteiger charge is 2.47. The van der Waals surface area contributed by atoms with E-state index >= 15 is 0 Å². The van der Waals surface area contributed by atoms with Crippen molar-refractivity contribution < 1.29 is 4.79 Å². The van der Waals surface area contributed by atoms with Gasteiger partial charge in [0.25, 0.3) is 0 Å². The summed E-state index contributed by atoms with van der Waals surface area (Å²) in [5.74, 6) is 0.251. The van der Waals surface area contributed by atoms with Crippen molar-refractivity contribution in [2.75, 3.05) is 0 Å². The molecule has 2 saturated heterocycles. The molecule has 0 aliphatic carbocycles. The van der Waals surface area contributed by atoms with Crippen LogP contribution in [0.5, 0.6) is 0 Å². The minimum absolute atomic E-state index is 0.219. The lowest BCUT2D eigenvalue weighted by Gasteiger charge is -2.40. The predicted molar refractivity (Wildman–Crippen MR) is 87.3 cm³/mol. The van der Waals surface area contributed by atoms with Gasteiger partial charge < -0.3 is 5.32 Å². The van der Waals surface area contributed by atoms with Crippen LogP contribution in [0.1, 0.15) is 55.8 Å². The number of benzene rings is 1. The Morgan fingerprint density at radius 1 is 1.24 bits per heavy atom. The van der Waals surface area contributed by atoms with Gasteiger partial charge in [0.1, 0.15) is 0 Å². The van der Waals surface area contributed by atoms with Gasteiger partial charge in [-0.3, -0.25) is 4.79 Å². The minimum Gasteiger partial charge on any atom is -0.311 e. The van der Waals surface area contributed by atoms with Crippen molar-refractivity contribution in [3.05, 3.63) is 33.8 Å². The SMILES string of the molecule is CCCC1(C(=O)c2ccc(Cl)c(Cl)c2)C[C@H]2CC[C@@H](C1)N2. The van der Waals surface area contributed by atoms with Gasteiger partial charge in [-0.2, -0.15) is 0 Å². The molecule has 2 fully saturated rings. The molecule has 2 heterocycles. The molecular weight excluding hydrogens is 305 g/mol. The van der Waals surface area contributed by atoms with Crippen molar-refractivity contribution >= 4 is 29.0 Å². The number of rotatable bonds is 4. The monoisotopic (exact) mass is 325 g/mol. The molecule has 1 N–H and O–H groups in total. The van der Waals surface area contributed by atoms with Crippen LogP contribution in [0.25, 0.3) is 0 Å². The van der Waals surface area contributed by atoms with Gasteiger partial charge in [0.2, 0.25) is 0 Å². The normalized spacial score (nSPS) is 31.4. The van der Waals surface area contributed by atoms with Gasteiger partial charge >= 0.3 is 0 Å². The van der Waals surface area contributed by atoms with E-state index in [0.717, 1.165) is 25.7 Å². The average Bonchev–Trinajstić information content (AvgIpc) is 2.81. The van der Waals surface area contributed by atoms with Crippen LogP contribution in [0, 0.1) is 5.41 Å². The smallest absolute Gasteiger partial charge is 0.169 e. The zero-order valence-corrected chi connectivity index (χ0v) is 13.8. The third-order valence-corrected chi connectivity index (χ3v) is 5.74. The van der Waals surface area contributed by atoms with E-state index in [-0.39, 0.29) is 11.2 Å². The van der Waals surface area contributed by atoms with Crippen LogP contribution >= 0.6 is 23.2 Å². The second-order valence-corrected chi connectivity index (χ2v) is 7.35. The third kappa shape index (κ3) is 2.86. The first-order valence-corrected chi connectivity index (χ1v) is 8.55. The quantitative estimate of drug-likeness (QED) is 0.799. The second-order valence-electron chi connectivity index (χ2n) is 6.53. The predicted octanol–water partition coefficient (Wildman–Crippen LogP) is 4.88. The summed E-state index contributed by atoms with van der Waals surface area (Å²) >= 11 is 12.1. The molecule has 2 aliphatic rings. The van der Waals surface area contributed by atoms with Crippen molar-refractivity contribution in [3.63, 3.8) is 0 Å². The van der Waals surface area contributed by atoms with E-state index in [1.54, 1.807) is 12.1 Å². The Morgan fingerprint density at radius 2 is 1.90 bits per heavy atom. The maximum Gasteiger partial charge on any atom is 0.169 e. The number of carbonyl (C=O) groups excluding carboxylic acids is 1. The molecule has 1 aromatic rings. The minimum atomic E-state index is -0.219. The van der Waals surface area contributed by atoms with Crippen LogP contribution in [0.4, 0.5) is 0 Å². The third-order valence-electron chi connectivity index (χ3n) is 5.00. The number of nitrogens with one attached hydrogen (secondary N) is 1. The fraction of sp³-hybridized carbons (Fsp3) is 0.588. The highest BCUT2D eigenvalue weighted by molar-refractivity contribution is 6.42. The Balaban J connectivity index is 1.93. The Bertz CT molecular complexity index is 546. The van der Waals surface area contributed by atoms with Crippen LogP contribution in [0.2, 0.25) is 10.0 Å². The number of halogens is 2. The largest absolute Gasteiger partial charge is 0.311 e. The molecule has 3 rings (SSSR count). The molecular formula is C17H21Cl2NO. The van der Waals surface area contributed by atoms with E-state index in [1.165, 1.54) is 12.8 Å². The van der Waals surface area contributed by atoms with Gasteiger partial charge in [-0.05, 0) is 50.3 Å². The average molecular weight is 326 g/mol. The zero-order valence-electron chi connectivity index (χ0n) is 12.3. The van der Waals surface area contributed by atoms with E-state index in [9.17, 15) is 4.79 Å². The van der Waals surface area contributed by atoms with Crippen molar-refractivity contribution in [2.45, 2.75) is 57.5 Å². The topological polar surface area (TPSA) is 29.1 Å². The van der Waals surface area contributed by atoms with Gasteiger partial charge in [-0.25, -0.2) is 0 Å². The molecule has 1 aromatic carbocycles. The Morgan fingerprint density at radius 3 is 2.48 bits per heavy atom. The molecule has 3 atom stereocenters. The summed E-state index contributed by atoms with van der Waals surface area (Å²) in [6, 6.07) is 6.28. The first-order valence-electron chi connectivity index (χ1n) is 7.80. The molecule has 2 aliphatic heterocycles. The van der Waals surface area contributed by atoms with Gasteiger partial charge in [-0.1, -0.05) is 36.5 Å². The zero-order chi connectivity index (χ0) is 15.0. The van der Waals surface area contributed by atoms with Crippen LogP contribution < -0.4 is 5.32 Å². The van der Waals surface area contributed by atoms with E-state index < -0.39 is 0 Å². The number of ketones is 1. The number of Topliss-reactive ketones (excluding diaryl/α,β-unsaturated/α-hetero) is 1. The molecule has 4 heteroatoms. The van der Waals surface area contributed by atoms with E-state index in [2.05, 4.69) is 12.2 Å². The van der Waals surface area contributed by atoms with Gasteiger partial charge in [0.15, 0.2) is 5.78 Å². The Kier molecular flexibility index (Phi) is 4.31. The molecule has 0 radical (unpaired) electrons. The maximum absolute atomic E-state index is 13.2. The first kappa shape index (κ1) is 15.3. The van der Waals surface area contributed by atoms with E-state index in [0.29, 0.717) is 27.7 Å². The fourth-order valence-corrected chi connectivity index (χ4v) is 4.47. The second kappa shape index (κ2) is 5.91. The number of hydrogen-bond acceptors (Lipinski definition) is 2. The van der Waals surface area contributed by atoms with Crippen LogP contribution in [0.3, 0.4) is 0 Å². The Hall–Kier alpha value is -0.570. The molecule has 0 amide bonds. The van der Waals surface area contributed by atoms with Crippen molar-refractivity contribution in [1.82, 2.24) is 5.32 Å². The van der Waals surface area contributed by atoms with Crippen molar-refractivity contribution in [2.24, 2.45) is 5.41 Å². The molecule has 2 nitrogen and oxygen atoms in total. The number of hydrogen-bond donors (Lipinski definition) is 1. The van der Waals surface area contributed by atoms with Crippen molar-refractivity contribution in [3.8, 4) is 0 Å². The van der Waals surface area contributed by atoms with E-state index in [1.807, 2.05) is 6.07 Å². The fourth-order valence-electron chi connectivity index (χ4n) is 4.18. The van der Waals surface area contributed by atoms with E-state index in [4.69, 9.17) is 23.2 Å². The Labute approximate surface area is 136 Å². The molecule has 2 bridgehead atoms. The maximum atomic E-state index is 13.2. The highest BCUT2D eigenvalue weighted by atomic mass is 35.5. The van der Waals surface area contributed by atoms with Crippen molar-refractivity contribution in [1.29, 1.82) is 0 Å². The summed E-state index contributed by atoms with van der Waals surface area (Å²) in [6.07, 6.45) is 6.30. The summed E-state index contributed by atoms with van der Waals surface area (Å²) < 4.78 is 0. The van der Waals surface area contributed by atoms with Crippen LogP contribution in [-0.4, -0.2) is 17.9 Å². The molecule has 114 valence electrons. The molecule has 21 heavy (non-hydrogen) atoms. The summed E-state index contributed by atoms with van der Waals surface area (Å²) in [6.45, 7) is 2.16. The standard InChI is InChI=1S/C17H21Cl2NO/c1-2-7-17(9-12-4-5-13(10-17)20-12)16(21)11-3-6-14(18)15(19)8-11/h3,6,8,12-13,20H,2,4-5,7,9-10H2,1H3/t12-,13+,17?. The number of piperidine rings is 1. The molecule has 1 unspecified atom stereocenters. The van der Waals surface area contributed by atoms with Gasteiger partial charge in [0.05, 0.1) is 10.0 Å². The van der Waals surface area contributed by atoms with Crippen LogP contribution in [0.15, 0.2) is 18.2 Å². The summed E-state index contributed by atoms with van der Waals surface area (Å²) in [7, 11) is 0. The number of carbonyl (C=O) groups is 1. The number of fused-ring (bicyclic) bond motifs is 2. The first-order chi connectivity index (χ1) is 10.0.